The number of sulfonamides is 1. The number of likely N-dealkylation sites (tertiary alicyclic amines) is 1. The highest BCUT2D eigenvalue weighted by Gasteiger charge is 2.33. The maximum absolute atomic E-state index is 13.8. The van der Waals surface area contributed by atoms with Crippen molar-refractivity contribution in [1.82, 2.24) is 14.9 Å². The topological polar surface area (TPSA) is 95.6 Å². The summed E-state index contributed by atoms with van der Waals surface area (Å²) in [5.74, 6) is -3.66. The lowest BCUT2D eigenvalue weighted by Crippen LogP contribution is -2.54. The van der Waals surface area contributed by atoms with E-state index in [2.05, 4.69) is 10.0 Å². The molecule has 2 N–H and O–H groups in total. The number of benzene rings is 1. The van der Waals surface area contributed by atoms with Crippen molar-refractivity contribution in [3.05, 3.63) is 35.4 Å². The van der Waals surface area contributed by atoms with E-state index in [1.807, 2.05) is 0 Å². The Labute approximate surface area is 163 Å². The fourth-order valence-electron chi connectivity index (χ4n) is 3.16. The molecule has 2 amide bonds. The smallest absolute Gasteiger partial charge is 0.257 e. The van der Waals surface area contributed by atoms with Crippen molar-refractivity contribution in [2.45, 2.75) is 38.8 Å². The number of carbonyl (C=O) groups is 2. The predicted molar refractivity (Wildman–Crippen MR) is 100 cm³/mol. The molecule has 1 heterocycles. The highest BCUT2D eigenvalue weighted by molar-refractivity contribution is 7.88. The van der Waals surface area contributed by atoms with Crippen LogP contribution in [-0.4, -0.2) is 56.6 Å². The van der Waals surface area contributed by atoms with Gasteiger partial charge in [0, 0.05) is 19.1 Å². The Hall–Kier alpha value is -2.07. The molecule has 28 heavy (non-hydrogen) atoms. The lowest BCUT2D eigenvalue weighted by Gasteiger charge is -2.35. The second-order valence-electron chi connectivity index (χ2n) is 7.28. The van der Waals surface area contributed by atoms with Crippen molar-refractivity contribution in [1.29, 1.82) is 0 Å². The Morgan fingerprint density at radius 3 is 2.14 bits per heavy atom. The minimum absolute atomic E-state index is 0.251. The molecule has 10 heteroatoms. The minimum atomic E-state index is -3.33. The lowest BCUT2D eigenvalue weighted by molar-refractivity contribution is -0.135. The standard InChI is InChI=1S/C18H25F2N3O4S/c1-11(2)16(21-17(24)15-13(19)5-4-6-14(15)20)18(25)23-9-7-12(8-10-23)22-28(3,26)27/h4-6,11-12,16,22H,7-10H2,1-3H3,(H,21,24). The quantitative estimate of drug-likeness (QED) is 0.729. The van der Waals surface area contributed by atoms with Crippen LogP contribution in [0.4, 0.5) is 8.78 Å². The number of amides is 2. The molecule has 2 rings (SSSR count). The highest BCUT2D eigenvalue weighted by atomic mass is 32.2. The summed E-state index contributed by atoms with van der Waals surface area (Å²) in [7, 11) is -3.33. The maximum Gasteiger partial charge on any atom is 0.257 e. The van der Waals surface area contributed by atoms with Crippen LogP contribution in [0.3, 0.4) is 0 Å². The summed E-state index contributed by atoms with van der Waals surface area (Å²) in [6.45, 7) is 4.08. The summed E-state index contributed by atoms with van der Waals surface area (Å²) < 4.78 is 52.8. The molecule has 1 aromatic carbocycles. The molecule has 1 atom stereocenters. The van der Waals surface area contributed by atoms with Crippen molar-refractivity contribution in [3.63, 3.8) is 0 Å². The number of nitrogens with zero attached hydrogens (tertiary/aromatic N) is 1. The van der Waals surface area contributed by atoms with Crippen LogP contribution in [-0.2, 0) is 14.8 Å². The first-order valence-electron chi connectivity index (χ1n) is 9.00. The number of carbonyl (C=O) groups excluding carboxylic acids is 2. The van der Waals surface area contributed by atoms with Crippen LogP contribution >= 0.6 is 0 Å². The first kappa shape index (κ1) is 22.2. The van der Waals surface area contributed by atoms with Gasteiger partial charge in [-0.15, -0.1) is 0 Å². The van der Waals surface area contributed by atoms with Crippen LogP contribution in [0.1, 0.15) is 37.0 Å². The average molecular weight is 417 g/mol. The van der Waals surface area contributed by atoms with Crippen molar-refractivity contribution < 1.29 is 26.8 Å². The summed E-state index contributed by atoms with van der Waals surface area (Å²) in [5.41, 5.74) is -0.725. The normalized spacial score (nSPS) is 16.9. The number of hydrogen-bond acceptors (Lipinski definition) is 4. The summed E-state index contributed by atoms with van der Waals surface area (Å²) in [6, 6.07) is 1.90. The van der Waals surface area contributed by atoms with Gasteiger partial charge < -0.3 is 10.2 Å². The van der Waals surface area contributed by atoms with Gasteiger partial charge in [-0.25, -0.2) is 21.9 Å². The number of halogens is 2. The molecule has 0 bridgehead atoms. The fraction of sp³-hybridized carbons (Fsp3) is 0.556. The van der Waals surface area contributed by atoms with Crippen molar-refractivity contribution in [3.8, 4) is 0 Å². The van der Waals surface area contributed by atoms with Crippen molar-refractivity contribution in [2.24, 2.45) is 5.92 Å². The Morgan fingerprint density at radius 1 is 1.14 bits per heavy atom. The third-order valence-electron chi connectivity index (χ3n) is 4.60. The van der Waals surface area contributed by atoms with Gasteiger partial charge in [-0.1, -0.05) is 19.9 Å². The van der Waals surface area contributed by atoms with Gasteiger partial charge in [0.15, 0.2) is 0 Å². The van der Waals surface area contributed by atoms with E-state index in [1.54, 1.807) is 13.8 Å². The summed E-state index contributed by atoms with van der Waals surface area (Å²) in [6.07, 6.45) is 1.97. The second-order valence-corrected chi connectivity index (χ2v) is 9.06. The molecule has 0 saturated carbocycles. The number of rotatable bonds is 6. The van der Waals surface area contributed by atoms with Gasteiger partial charge in [0.25, 0.3) is 5.91 Å². The van der Waals surface area contributed by atoms with Gasteiger partial charge in [-0.2, -0.15) is 0 Å². The zero-order valence-corrected chi connectivity index (χ0v) is 16.9. The number of nitrogens with one attached hydrogen (secondary N) is 2. The van der Waals surface area contributed by atoms with Gasteiger partial charge in [-0.05, 0) is 30.9 Å². The molecule has 1 saturated heterocycles. The molecule has 0 spiro atoms. The third-order valence-corrected chi connectivity index (χ3v) is 5.36. The molecule has 0 aliphatic carbocycles. The molecule has 1 unspecified atom stereocenters. The van der Waals surface area contributed by atoms with Crippen molar-refractivity contribution >= 4 is 21.8 Å². The Balaban J connectivity index is 2.06. The van der Waals surface area contributed by atoms with E-state index in [9.17, 15) is 26.8 Å². The van der Waals surface area contributed by atoms with Gasteiger partial charge in [0.05, 0.1) is 6.26 Å². The maximum atomic E-state index is 13.8. The highest BCUT2D eigenvalue weighted by Crippen LogP contribution is 2.17. The minimum Gasteiger partial charge on any atom is -0.341 e. The molecule has 156 valence electrons. The second kappa shape index (κ2) is 8.95. The SMILES string of the molecule is CC(C)C(NC(=O)c1c(F)cccc1F)C(=O)N1CCC(NS(C)(=O)=O)CC1. The van der Waals surface area contributed by atoms with E-state index in [0.717, 1.165) is 24.5 Å². The number of piperidine rings is 1. The van der Waals surface area contributed by atoms with Crippen molar-refractivity contribution in [2.75, 3.05) is 19.3 Å². The van der Waals surface area contributed by atoms with E-state index >= 15 is 0 Å². The molecule has 1 aliphatic heterocycles. The van der Waals surface area contributed by atoms with E-state index in [-0.39, 0.29) is 17.9 Å². The lowest BCUT2D eigenvalue weighted by atomic mass is 9.99. The third kappa shape index (κ3) is 5.71. The Morgan fingerprint density at radius 2 is 1.68 bits per heavy atom. The number of hydrogen-bond donors (Lipinski definition) is 2. The van der Waals surface area contributed by atoms with E-state index in [4.69, 9.17) is 0 Å². The summed E-state index contributed by atoms with van der Waals surface area (Å²) >= 11 is 0. The van der Waals surface area contributed by atoms with Crippen LogP contribution in [0, 0.1) is 17.6 Å². The summed E-state index contributed by atoms with van der Waals surface area (Å²) in [5, 5.41) is 2.44. The van der Waals surface area contributed by atoms with E-state index in [0.29, 0.717) is 25.9 Å². The van der Waals surface area contributed by atoms with Crippen LogP contribution < -0.4 is 10.0 Å². The zero-order chi connectivity index (χ0) is 21.1. The van der Waals surface area contributed by atoms with Crippen LogP contribution in [0.25, 0.3) is 0 Å². The van der Waals surface area contributed by atoms with Gasteiger partial charge in [0.2, 0.25) is 15.9 Å². The van der Waals surface area contributed by atoms with Crippen LogP contribution in [0.5, 0.6) is 0 Å². The Kier molecular flexibility index (Phi) is 7.11. The van der Waals surface area contributed by atoms with Crippen LogP contribution in [0.2, 0.25) is 0 Å². The largest absolute Gasteiger partial charge is 0.341 e. The van der Waals surface area contributed by atoms with Gasteiger partial charge in [0.1, 0.15) is 23.2 Å². The van der Waals surface area contributed by atoms with E-state index < -0.39 is 39.2 Å². The summed E-state index contributed by atoms with van der Waals surface area (Å²) in [4.78, 5) is 26.7. The van der Waals surface area contributed by atoms with Gasteiger partial charge >= 0.3 is 0 Å². The predicted octanol–water partition coefficient (Wildman–Crippen LogP) is 1.26. The monoisotopic (exact) mass is 417 g/mol. The first-order valence-corrected chi connectivity index (χ1v) is 10.9. The van der Waals surface area contributed by atoms with E-state index in [1.165, 1.54) is 4.90 Å². The molecule has 1 aromatic rings. The molecular formula is C18H25F2N3O4S. The average Bonchev–Trinajstić information content (AvgIpc) is 2.58. The van der Waals surface area contributed by atoms with Gasteiger partial charge in [-0.3, -0.25) is 9.59 Å². The molecule has 7 nitrogen and oxygen atoms in total. The zero-order valence-electron chi connectivity index (χ0n) is 16.0. The molecular weight excluding hydrogens is 392 g/mol. The fourth-order valence-corrected chi connectivity index (χ4v) is 4.00. The molecule has 0 radical (unpaired) electrons. The first-order chi connectivity index (χ1) is 13.0. The molecule has 1 aliphatic rings. The van der Waals surface area contributed by atoms with Crippen LogP contribution in [0.15, 0.2) is 18.2 Å². The molecule has 1 fully saturated rings. The molecule has 0 aromatic heterocycles. The Bertz CT molecular complexity index is 817.